The van der Waals surface area contributed by atoms with E-state index >= 15 is 0 Å². The molecule has 0 saturated heterocycles. The Kier molecular flexibility index (Phi) is 5.93. The van der Waals surface area contributed by atoms with Crippen molar-refractivity contribution >= 4 is 5.78 Å². The Morgan fingerprint density at radius 2 is 1.67 bits per heavy atom. The Labute approximate surface area is 73.4 Å². The Hall–Kier alpha value is -1.15. The lowest BCUT2D eigenvalue weighted by Crippen LogP contribution is -1.94. The minimum absolute atomic E-state index is 0.167. The Bertz CT molecular complexity index is 215. The summed E-state index contributed by atoms with van der Waals surface area (Å²) < 4.78 is 0. The van der Waals surface area contributed by atoms with E-state index in [4.69, 9.17) is 5.73 Å². The van der Waals surface area contributed by atoms with Crippen molar-refractivity contribution in [3.05, 3.63) is 35.9 Å². The van der Waals surface area contributed by atoms with Crippen LogP contribution in [0.15, 0.2) is 30.3 Å². The first-order valence-electron chi connectivity index (χ1n) is 3.88. The summed E-state index contributed by atoms with van der Waals surface area (Å²) in [5.74, 6) is 0.167. The normalized spacial score (nSPS) is 8.25. The predicted molar refractivity (Wildman–Crippen MR) is 50.7 cm³/mol. The zero-order chi connectivity index (χ0) is 9.40. The lowest BCUT2D eigenvalue weighted by atomic mass is 10.2. The van der Waals surface area contributed by atoms with Gasteiger partial charge in [-0.25, -0.2) is 0 Å². The zero-order valence-corrected chi connectivity index (χ0v) is 7.58. The van der Waals surface area contributed by atoms with Crippen LogP contribution in [0.3, 0.4) is 0 Å². The van der Waals surface area contributed by atoms with Crippen molar-refractivity contribution in [1.82, 2.24) is 0 Å². The molecule has 2 N–H and O–H groups in total. The number of benzene rings is 1. The van der Waals surface area contributed by atoms with E-state index < -0.39 is 0 Å². The fourth-order valence-corrected chi connectivity index (χ4v) is 0.614. The molecule has 0 heterocycles. The monoisotopic (exact) mass is 165 g/mol. The molecule has 1 aromatic rings. The molecule has 2 nitrogen and oxygen atoms in total. The van der Waals surface area contributed by atoms with Crippen molar-refractivity contribution in [3.8, 4) is 0 Å². The molecule has 0 fully saturated rings. The van der Waals surface area contributed by atoms with Gasteiger partial charge in [0.05, 0.1) is 0 Å². The summed E-state index contributed by atoms with van der Waals surface area (Å²) in [6.45, 7) is 3.70. The summed E-state index contributed by atoms with van der Waals surface area (Å²) >= 11 is 0. The molecule has 12 heavy (non-hydrogen) atoms. The minimum atomic E-state index is 0.167. The summed E-state index contributed by atoms with van der Waals surface area (Å²) in [5.41, 5.74) is 6.54. The van der Waals surface area contributed by atoms with Crippen molar-refractivity contribution in [2.75, 3.05) is 0 Å². The second-order valence-electron chi connectivity index (χ2n) is 2.60. The number of Topliss-reactive ketones (excluding diaryl/α,β-unsaturated/α-hetero) is 1. The van der Waals surface area contributed by atoms with Gasteiger partial charge in [-0.3, -0.25) is 0 Å². The molecule has 1 aromatic carbocycles. The summed E-state index contributed by atoms with van der Waals surface area (Å²) in [7, 11) is 0. The maximum Gasteiger partial charge on any atom is 0.126 e. The highest BCUT2D eigenvalue weighted by Crippen LogP contribution is 1.94. The fraction of sp³-hybridized carbons (Fsp3) is 0.300. The van der Waals surface area contributed by atoms with Crippen LogP contribution in [0, 0.1) is 0 Å². The number of hydrogen-bond donors (Lipinski definition) is 1. The summed E-state index contributed by atoms with van der Waals surface area (Å²) in [6.07, 6.45) is 0. The highest BCUT2D eigenvalue weighted by molar-refractivity contribution is 5.72. The van der Waals surface area contributed by atoms with Crippen molar-refractivity contribution in [2.45, 2.75) is 20.4 Å². The molecular formula is C10H15NO. The summed E-state index contributed by atoms with van der Waals surface area (Å²) in [6, 6.07) is 9.99. The average molecular weight is 165 g/mol. The van der Waals surface area contributed by atoms with E-state index in [0.717, 1.165) is 0 Å². The SMILES string of the molecule is CC(C)=O.NCc1ccccc1. The van der Waals surface area contributed by atoms with Gasteiger partial charge in [0.2, 0.25) is 0 Å². The lowest BCUT2D eigenvalue weighted by molar-refractivity contribution is -0.114. The van der Waals surface area contributed by atoms with E-state index in [9.17, 15) is 4.79 Å². The quantitative estimate of drug-likeness (QED) is 0.688. The molecule has 0 saturated carbocycles. The van der Waals surface area contributed by atoms with E-state index in [-0.39, 0.29) is 5.78 Å². The largest absolute Gasteiger partial charge is 0.326 e. The minimum Gasteiger partial charge on any atom is -0.326 e. The van der Waals surface area contributed by atoms with Gasteiger partial charge < -0.3 is 10.5 Å². The second kappa shape index (κ2) is 6.55. The molecule has 0 spiro atoms. The molecule has 0 aliphatic heterocycles. The van der Waals surface area contributed by atoms with Crippen LogP contribution in [0.4, 0.5) is 0 Å². The average Bonchev–Trinajstić information content (AvgIpc) is 2.05. The number of ketones is 1. The maximum absolute atomic E-state index is 9.44. The van der Waals surface area contributed by atoms with Crippen molar-refractivity contribution < 1.29 is 4.79 Å². The van der Waals surface area contributed by atoms with Crippen LogP contribution >= 0.6 is 0 Å². The number of carbonyl (C=O) groups excluding carboxylic acids is 1. The first kappa shape index (κ1) is 10.8. The molecule has 2 heteroatoms. The summed E-state index contributed by atoms with van der Waals surface area (Å²) in [4.78, 5) is 9.44. The number of carbonyl (C=O) groups is 1. The topological polar surface area (TPSA) is 43.1 Å². The molecule has 0 amide bonds. The third kappa shape index (κ3) is 6.96. The Morgan fingerprint density at radius 3 is 1.92 bits per heavy atom. The molecule has 0 radical (unpaired) electrons. The van der Waals surface area contributed by atoms with Crippen LogP contribution in [0.25, 0.3) is 0 Å². The molecule has 0 aliphatic carbocycles. The summed E-state index contributed by atoms with van der Waals surface area (Å²) in [5, 5.41) is 0. The standard InChI is InChI=1S/C7H9N.C3H6O/c8-6-7-4-2-1-3-5-7;1-3(2)4/h1-5H,6,8H2;1-2H3. The fourth-order valence-electron chi connectivity index (χ4n) is 0.614. The van der Waals surface area contributed by atoms with Crippen LogP contribution in [0.2, 0.25) is 0 Å². The number of nitrogens with two attached hydrogens (primary N) is 1. The van der Waals surface area contributed by atoms with Gasteiger partial charge in [0, 0.05) is 6.54 Å². The third-order valence-corrected chi connectivity index (χ3v) is 1.08. The van der Waals surface area contributed by atoms with Gasteiger partial charge >= 0.3 is 0 Å². The van der Waals surface area contributed by atoms with E-state index in [1.165, 1.54) is 19.4 Å². The molecular weight excluding hydrogens is 150 g/mol. The van der Waals surface area contributed by atoms with Gasteiger partial charge in [0.1, 0.15) is 5.78 Å². The smallest absolute Gasteiger partial charge is 0.126 e. The van der Waals surface area contributed by atoms with Gasteiger partial charge in [-0.1, -0.05) is 30.3 Å². The lowest BCUT2D eigenvalue weighted by Gasteiger charge is -1.90. The van der Waals surface area contributed by atoms with Crippen LogP contribution in [-0.2, 0) is 11.3 Å². The van der Waals surface area contributed by atoms with Crippen molar-refractivity contribution in [2.24, 2.45) is 5.73 Å². The van der Waals surface area contributed by atoms with Gasteiger partial charge in [0.15, 0.2) is 0 Å². The molecule has 0 unspecified atom stereocenters. The van der Waals surface area contributed by atoms with Gasteiger partial charge in [-0.2, -0.15) is 0 Å². The molecule has 0 aliphatic rings. The van der Waals surface area contributed by atoms with Crippen LogP contribution in [0.1, 0.15) is 19.4 Å². The molecule has 0 bridgehead atoms. The highest BCUT2D eigenvalue weighted by Gasteiger charge is 1.80. The molecule has 1 rings (SSSR count). The van der Waals surface area contributed by atoms with Crippen LogP contribution in [-0.4, -0.2) is 5.78 Å². The molecule has 0 aromatic heterocycles. The Morgan fingerprint density at radius 1 is 1.25 bits per heavy atom. The van der Waals surface area contributed by atoms with E-state index in [0.29, 0.717) is 6.54 Å². The molecule has 0 atom stereocenters. The molecule has 66 valence electrons. The predicted octanol–water partition coefficient (Wildman–Crippen LogP) is 1.74. The van der Waals surface area contributed by atoms with E-state index in [1.54, 1.807) is 0 Å². The third-order valence-electron chi connectivity index (χ3n) is 1.08. The number of rotatable bonds is 1. The number of hydrogen-bond acceptors (Lipinski definition) is 2. The second-order valence-corrected chi connectivity index (χ2v) is 2.60. The first-order valence-corrected chi connectivity index (χ1v) is 3.88. The maximum atomic E-state index is 9.44. The zero-order valence-electron chi connectivity index (χ0n) is 7.58. The first-order chi connectivity index (χ1) is 5.66. The van der Waals surface area contributed by atoms with Crippen molar-refractivity contribution in [1.29, 1.82) is 0 Å². The van der Waals surface area contributed by atoms with Gasteiger partial charge in [0.25, 0.3) is 0 Å². The van der Waals surface area contributed by atoms with Gasteiger partial charge in [-0.05, 0) is 19.4 Å². The highest BCUT2D eigenvalue weighted by atomic mass is 16.1. The van der Waals surface area contributed by atoms with E-state index in [1.807, 2.05) is 30.3 Å². The van der Waals surface area contributed by atoms with Crippen LogP contribution < -0.4 is 5.73 Å². The van der Waals surface area contributed by atoms with Crippen LogP contribution in [0.5, 0.6) is 0 Å². The Balaban J connectivity index is 0.000000261. The van der Waals surface area contributed by atoms with Crippen molar-refractivity contribution in [3.63, 3.8) is 0 Å². The van der Waals surface area contributed by atoms with E-state index in [2.05, 4.69) is 0 Å². The van der Waals surface area contributed by atoms with Gasteiger partial charge in [-0.15, -0.1) is 0 Å².